The van der Waals surface area contributed by atoms with Crippen LogP contribution in [0.25, 0.3) is 16.6 Å². The first-order chi connectivity index (χ1) is 9.60. The molecule has 0 amide bonds. The smallest absolute Gasteiger partial charge is 0.265 e. The zero-order valence-electron chi connectivity index (χ0n) is 11.1. The monoisotopic (exact) mass is 268 g/mol. The minimum atomic E-state index is -0.216. The molecule has 0 fully saturated rings. The maximum atomic E-state index is 12.5. The second-order valence-electron chi connectivity index (χ2n) is 4.50. The van der Waals surface area contributed by atoms with E-state index in [-0.39, 0.29) is 11.3 Å². The van der Waals surface area contributed by atoms with Crippen molar-refractivity contribution >= 4 is 22.3 Å². The molecule has 100 valence electrons. The summed E-state index contributed by atoms with van der Waals surface area (Å²) in [6.45, 7) is 1.46. The first-order valence-corrected chi connectivity index (χ1v) is 6.11. The Labute approximate surface area is 114 Å². The summed E-state index contributed by atoms with van der Waals surface area (Å²) in [5.74, 6) is 0.503. The Bertz CT molecular complexity index is 897. The van der Waals surface area contributed by atoms with Gasteiger partial charge in [-0.3, -0.25) is 14.0 Å². The number of benzene rings is 1. The van der Waals surface area contributed by atoms with Gasteiger partial charge >= 0.3 is 0 Å². The highest BCUT2D eigenvalue weighted by atomic mass is 16.5. The third kappa shape index (κ3) is 1.84. The van der Waals surface area contributed by atoms with Crippen LogP contribution in [0.1, 0.15) is 17.3 Å². The molecule has 0 saturated carbocycles. The number of nitrogens with zero attached hydrogens (tertiary/aromatic N) is 2. The van der Waals surface area contributed by atoms with Crippen LogP contribution in [0.15, 0.2) is 41.3 Å². The molecule has 0 aliphatic rings. The summed E-state index contributed by atoms with van der Waals surface area (Å²) in [5, 5.41) is 0.461. The number of hydrogen-bond acceptors (Lipinski definition) is 4. The number of fused-ring (bicyclic) bond motifs is 2. The molecule has 0 aliphatic heterocycles. The Morgan fingerprint density at radius 3 is 2.75 bits per heavy atom. The Morgan fingerprint density at radius 1 is 1.25 bits per heavy atom. The zero-order chi connectivity index (χ0) is 14.3. The molecule has 20 heavy (non-hydrogen) atoms. The van der Waals surface area contributed by atoms with Crippen LogP contribution in [-0.4, -0.2) is 22.3 Å². The summed E-state index contributed by atoms with van der Waals surface area (Å²) in [6, 6.07) is 8.49. The molecule has 0 aliphatic carbocycles. The normalized spacial score (nSPS) is 10.9. The van der Waals surface area contributed by atoms with Crippen LogP contribution >= 0.6 is 0 Å². The molecule has 0 unspecified atom stereocenters. The van der Waals surface area contributed by atoms with E-state index < -0.39 is 0 Å². The van der Waals surface area contributed by atoms with Crippen molar-refractivity contribution in [3.05, 3.63) is 52.4 Å². The van der Waals surface area contributed by atoms with Crippen LogP contribution in [-0.2, 0) is 0 Å². The predicted octanol–water partition coefficient (Wildman–Crippen LogP) is 2.06. The highest BCUT2D eigenvalue weighted by Crippen LogP contribution is 2.17. The number of ether oxygens (including phenoxy) is 1. The maximum Gasteiger partial charge on any atom is 0.265 e. The van der Waals surface area contributed by atoms with Crippen molar-refractivity contribution in [1.82, 2.24) is 9.38 Å². The van der Waals surface area contributed by atoms with E-state index in [0.29, 0.717) is 27.9 Å². The molecule has 0 atom stereocenters. The molecular formula is C15H12N2O3. The number of pyridine rings is 1. The van der Waals surface area contributed by atoms with E-state index in [2.05, 4.69) is 4.98 Å². The minimum Gasteiger partial charge on any atom is -0.497 e. The highest BCUT2D eigenvalue weighted by Gasteiger charge is 2.08. The minimum absolute atomic E-state index is 0.0930. The van der Waals surface area contributed by atoms with Gasteiger partial charge in [0.25, 0.3) is 5.56 Å². The summed E-state index contributed by atoms with van der Waals surface area (Å²) >= 11 is 0. The molecule has 3 rings (SSSR count). The highest BCUT2D eigenvalue weighted by molar-refractivity contribution is 5.94. The second kappa shape index (κ2) is 4.45. The largest absolute Gasteiger partial charge is 0.497 e. The molecule has 0 spiro atoms. The summed E-state index contributed by atoms with van der Waals surface area (Å²) in [5.41, 5.74) is 1.37. The lowest BCUT2D eigenvalue weighted by Gasteiger charge is -2.06. The first kappa shape index (κ1) is 12.3. The Kier molecular flexibility index (Phi) is 2.75. The number of hydrogen-bond donors (Lipinski definition) is 0. The lowest BCUT2D eigenvalue weighted by molar-refractivity contribution is 0.101. The molecule has 2 heterocycles. The van der Waals surface area contributed by atoms with Gasteiger partial charge in [-0.15, -0.1) is 0 Å². The summed E-state index contributed by atoms with van der Waals surface area (Å²) in [6.07, 6.45) is 1.52. The van der Waals surface area contributed by atoms with Crippen LogP contribution in [0.2, 0.25) is 0 Å². The van der Waals surface area contributed by atoms with Gasteiger partial charge in [0.2, 0.25) is 0 Å². The first-order valence-electron chi connectivity index (χ1n) is 6.11. The van der Waals surface area contributed by atoms with Gasteiger partial charge in [-0.1, -0.05) is 0 Å². The van der Waals surface area contributed by atoms with Crippen molar-refractivity contribution in [2.45, 2.75) is 6.92 Å². The number of carbonyl (C=O) groups is 1. The molecule has 5 heteroatoms. The molecule has 1 aromatic carbocycles. The molecule has 0 radical (unpaired) electrons. The van der Waals surface area contributed by atoms with Crippen molar-refractivity contribution in [2.75, 3.05) is 7.11 Å². The fourth-order valence-electron chi connectivity index (χ4n) is 2.12. The summed E-state index contributed by atoms with van der Waals surface area (Å²) < 4.78 is 6.51. The topological polar surface area (TPSA) is 60.7 Å². The third-order valence-electron chi connectivity index (χ3n) is 3.22. The van der Waals surface area contributed by atoms with Crippen molar-refractivity contribution in [2.24, 2.45) is 0 Å². The SMILES string of the molecule is COc1ccc2nc3ccc(C(C)=O)cn3c(=O)c2c1. The summed E-state index contributed by atoms with van der Waals surface area (Å²) in [4.78, 5) is 28.3. The lowest BCUT2D eigenvalue weighted by Crippen LogP contribution is -2.16. The number of Topliss-reactive ketones (excluding diaryl/α,β-unsaturated/α-hetero) is 1. The van der Waals surface area contributed by atoms with Gasteiger partial charge < -0.3 is 4.74 Å². The van der Waals surface area contributed by atoms with Crippen molar-refractivity contribution in [3.63, 3.8) is 0 Å². The Balaban J connectivity index is 2.42. The lowest BCUT2D eigenvalue weighted by atomic mass is 10.2. The van der Waals surface area contributed by atoms with E-state index in [0.717, 1.165) is 0 Å². The van der Waals surface area contributed by atoms with Crippen LogP contribution in [0, 0.1) is 0 Å². The fraction of sp³-hybridized carbons (Fsp3) is 0.133. The van der Waals surface area contributed by atoms with Crippen LogP contribution in [0.5, 0.6) is 5.75 Å². The number of carbonyl (C=O) groups excluding carboxylic acids is 1. The fourth-order valence-corrected chi connectivity index (χ4v) is 2.12. The third-order valence-corrected chi connectivity index (χ3v) is 3.22. The van der Waals surface area contributed by atoms with Crippen LogP contribution in [0.3, 0.4) is 0 Å². The molecule has 0 N–H and O–H groups in total. The van der Waals surface area contributed by atoms with Gasteiger partial charge in [0.1, 0.15) is 11.4 Å². The predicted molar refractivity (Wildman–Crippen MR) is 75.5 cm³/mol. The number of ketones is 1. The Hall–Kier alpha value is -2.69. The van der Waals surface area contributed by atoms with E-state index in [4.69, 9.17) is 4.74 Å². The molecule has 0 saturated heterocycles. The second-order valence-corrected chi connectivity index (χ2v) is 4.50. The maximum absolute atomic E-state index is 12.5. The Morgan fingerprint density at radius 2 is 2.05 bits per heavy atom. The van der Waals surface area contributed by atoms with Crippen molar-refractivity contribution in [3.8, 4) is 5.75 Å². The van der Waals surface area contributed by atoms with E-state index in [9.17, 15) is 9.59 Å². The molecule has 0 bridgehead atoms. The van der Waals surface area contributed by atoms with Gasteiger partial charge in [0, 0.05) is 11.8 Å². The van der Waals surface area contributed by atoms with Crippen molar-refractivity contribution in [1.29, 1.82) is 0 Å². The van der Waals surface area contributed by atoms with E-state index in [1.54, 1.807) is 37.4 Å². The van der Waals surface area contributed by atoms with Crippen LogP contribution in [0.4, 0.5) is 0 Å². The number of aromatic nitrogens is 2. The average molecular weight is 268 g/mol. The molecule has 3 aromatic rings. The zero-order valence-corrected chi connectivity index (χ0v) is 11.1. The summed E-state index contributed by atoms with van der Waals surface area (Å²) in [7, 11) is 1.54. The van der Waals surface area contributed by atoms with Gasteiger partial charge in [0.15, 0.2) is 5.78 Å². The standard InChI is InChI=1S/C15H12N2O3/c1-9(18)10-3-6-14-16-13-5-4-11(20-2)7-12(13)15(19)17(14)8-10/h3-8H,1-2H3. The number of methoxy groups -OCH3 is 1. The van der Waals surface area contributed by atoms with Gasteiger partial charge in [-0.05, 0) is 37.3 Å². The molecule has 5 nitrogen and oxygen atoms in total. The average Bonchev–Trinajstić information content (AvgIpc) is 2.47. The van der Waals surface area contributed by atoms with Gasteiger partial charge in [-0.25, -0.2) is 4.98 Å². The van der Waals surface area contributed by atoms with E-state index in [1.807, 2.05) is 0 Å². The van der Waals surface area contributed by atoms with Gasteiger partial charge in [-0.2, -0.15) is 0 Å². The van der Waals surface area contributed by atoms with Crippen LogP contribution < -0.4 is 10.3 Å². The number of rotatable bonds is 2. The van der Waals surface area contributed by atoms with E-state index in [1.165, 1.54) is 17.5 Å². The quantitative estimate of drug-likeness (QED) is 0.527. The van der Waals surface area contributed by atoms with Crippen molar-refractivity contribution < 1.29 is 9.53 Å². The van der Waals surface area contributed by atoms with Gasteiger partial charge in [0.05, 0.1) is 18.0 Å². The molecule has 2 aromatic heterocycles. The van der Waals surface area contributed by atoms with E-state index >= 15 is 0 Å². The molecular weight excluding hydrogens is 256 g/mol.